The summed E-state index contributed by atoms with van der Waals surface area (Å²) < 4.78 is 7.11. The Hall–Kier alpha value is -4.60. The van der Waals surface area contributed by atoms with Crippen LogP contribution in [0.2, 0.25) is 0 Å². The van der Waals surface area contributed by atoms with Gasteiger partial charge in [0.2, 0.25) is 5.89 Å². The van der Waals surface area contributed by atoms with Gasteiger partial charge in [-0.3, -0.25) is 14.5 Å². The molecule has 0 amide bonds. The van der Waals surface area contributed by atoms with E-state index in [4.69, 9.17) is 10.2 Å². The molecule has 0 unspecified atom stereocenters. The zero-order chi connectivity index (χ0) is 24.8. The Morgan fingerprint density at radius 2 is 2.06 bits per heavy atom. The average Bonchev–Trinajstić information content (AvgIpc) is 3.25. The summed E-state index contributed by atoms with van der Waals surface area (Å²) in [6, 6.07) is 5.75. The highest BCUT2D eigenvalue weighted by Gasteiger charge is 2.43. The van der Waals surface area contributed by atoms with Gasteiger partial charge in [0, 0.05) is 42.5 Å². The highest BCUT2D eigenvalue weighted by molar-refractivity contribution is 5.95. The second kappa shape index (κ2) is 8.56. The lowest BCUT2D eigenvalue weighted by molar-refractivity contribution is -0.118. The van der Waals surface area contributed by atoms with Crippen molar-refractivity contribution in [3.05, 3.63) is 66.6 Å². The fourth-order valence-corrected chi connectivity index (χ4v) is 4.56. The Morgan fingerprint density at radius 3 is 2.81 bits per heavy atom. The number of carbonyl (C=O) groups excluding carboxylic acids is 1. The Bertz CT molecular complexity index is 1590. The van der Waals surface area contributed by atoms with Crippen LogP contribution in [0.1, 0.15) is 23.5 Å². The van der Waals surface area contributed by atoms with Gasteiger partial charge in [-0.2, -0.15) is 5.10 Å². The number of hydrogen-bond acceptors (Lipinski definition) is 9. The van der Waals surface area contributed by atoms with Gasteiger partial charge in [0.05, 0.1) is 24.6 Å². The molecule has 6 rings (SSSR count). The van der Waals surface area contributed by atoms with Gasteiger partial charge in [0.15, 0.2) is 5.78 Å². The number of oxazole rings is 1. The Labute approximate surface area is 206 Å². The van der Waals surface area contributed by atoms with Crippen LogP contribution >= 0.6 is 0 Å². The molecule has 10 heteroatoms. The number of nitrogens with two attached hydrogens (primary N) is 1. The molecule has 1 aliphatic rings. The molecule has 5 heterocycles. The molecule has 36 heavy (non-hydrogen) atoms. The monoisotopic (exact) mass is 480 g/mol. The third-order valence-corrected chi connectivity index (χ3v) is 6.58. The van der Waals surface area contributed by atoms with Crippen molar-refractivity contribution < 1.29 is 9.21 Å². The van der Waals surface area contributed by atoms with Crippen LogP contribution in [0.15, 0.2) is 59.9 Å². The average molecular weight is 481 g/mol. The van der Waals surface area contributed by atoms with Gasteiger partial charge in [-0.1, -0.05) is 0 Å². The molecule has 1 aliphatic carbocycles. The number of nitrogens with zero attached hydrogens (tertiary/aromatic N) is 6. The van der Waals surface area contributed by atoms with Crippen LogP contribution in [0.5, 0.6) is 0 Å². The van der Waals surface area contributed by atoms with E-state index in [0.29, 0.717) is 28.9 Å². The zero-order valence-electron chi connectivity index (χ0n) is 19.8. The number of pyridine rings is 3. The Morgan fingerprint density at radius 1 is 1.17 bits per heavy atom. The lowest BCUT2D eigenvalue weighted by Crippen LogP contribution is -2.16. The van der Waals surface area contributed by atoms with E-state index in [1.54, 1.807) is 23.3 Å². The highest BCUT2D eigenvalue weighted by atomic mass is 16.3. The fourth-order valence-electron chi connectivity index (χ4n) is 4.56. The number of ketones is 1. The summed E-state index contributed by atoms with van der Waals surface area (Å²) in [6.07, 6.45) is 11.2. The number of aromatic nitrogens is 6. The normalized spacial score (nSPS) is 16.8. The maximum atomic E-state index is 12.7. The topological polar surface area (TPSA) is 138 Å². The molecule has 0 saturated heterocycles. The minimum absolute atomic E-state index is 0.0310. The standard InChI is InChI=1S/C26H24N8O2/c1-14-5-22(26-28-3-4-36-26)29-10-19(14)21-6-15-7-24(30-11-20(15)25(27)33-21)31-12-23(35)18-8-17(18)16-9-32-34(2)13-16/h3-7,9-11,13,17-18H,8,12H2,1-2H3,(H2,27,33)(H,30,31)/t17-,18+/m0/s1. The molecule has 0 spiro atoms. The van der Waals surface area contributed by atoms with Crippen molar-refractivity contribution in [2.24, 2.45) is 13.0 Å². The quantitative estimate of drug-likeness (QED) is 0.356. The van der Waals surface area contributed by atoms with Gasteiger partial charge in [-0.25, -0.2) is 15.0 Å². The number of hydrogen-bond donors (Lipinski definition) is 2. The van der Waals surface area contributed by atoms with Crippen LogP contribution in [-0.2, 0) is 11.8 Å². The molecule has 3 N–H and O–H groups in total. The van der Waals surface area contributed by atoms with E-state index in [-0.39, 0.29) is 24.2 Å². The molecule has 180 valence electrons. The van der Waals surface area contributed by atoms with E-state index in [1.807, 2.05) is 44.6 Å². The van der Waals surface area contributed by atoms with Crippen molar-refractivity contribution >= 4 is 28.2 Å². The van der Waals surface area contributed by atoms with Crippen molar-refractivity contribution in [1.82, 2.24) is 29.7 Å². The van der Waals surface area contributed by atoms with Crippen LogP contribution in [0, 0.1) is 12.8 Å². The summed E-state index contributed by atoms with van der Waals surface area (Å²) in [5, 5.41) is 9.00. The van der Waals surface area contributed by atoms with Gasteiger partial charge < -0.3 is 15.5 Å². The molecular formula is C26H24N8O2. The summed E-state index contributed by atoms with van der Waals surface area (Å²) >= 11 is 0. The van der Waals surface area contributed by atoms with E-state index in [2.05, 4.69) is 30.4 Å². The predicted octanol–water partition coefficient (Wildman–Crippen LogP) is 3.76. The van der Waals surface area contributed by atoms with E-state index >= 15 is 0 Å². The van der Waals surface area contributed by atoms with Gasteiger partial charge in [0.1, 0.15) is 23.6 Å². The van der Waals surface area contributed by atoms with Crippen molar-refractivity contribution in [2.75, 3.05) is 17.6 Å². The van der Waals surface area contributed by atoms with E-state index in [0.717, 1.165) is 33.9 Å². The summed E-state index contributed by atoms with van der Waals surface area (Å²) in [5.74, 6) is 1.92. The van der Waals surface area contributed by atoms with Crippen LogP contribution in [0.25, 0.3) is 33.6 Å². The first kappa shape index (κ1) is 21.9. The number of aryl methyl sites for hydroxylation is 2. The number of rotatable bonds is 7. The summed E-state index contributed by atoms with van der Waals surface area (Å²) in [6.45, 7) is 2.20. The van der Waals surface area contributed by atoms with Gasteiger partial charge in [0.25, 0.3) is 0 Å². The van der Waals surface area contributed by atoms with Gasteiger partial charge in [-0.15, -0.1) is 0 Å². The molecule has 2 atom stereocenters. The number of carbonyl (C=O) groups is 1. The number of Topliss-reactive ketones (excluding diaryl/α,β-unsaturated/α-hetero) is 1. The molecule has 1 fully saturated rings. The van der Waals surface area contributed by atoms with Crippen molar-refractivity contribution in [3.8, 4) is 22.8 Å². The van der Waals surface area contributed by atoms with Crippen LogP contribution in [0.4, 0.5) is 11.6 Å². The van der Waals surface area contributed by atoms with E-state index in [9.17, 15) is 4.79 Å². The number of anilines is 2. The second-order valence-electron chi connectivity index (χ2n) is 9.12. The molecule has 5 aromatic heterocycles. The van der Waals surface area contributed by atoms with Crippen LogP contribution in [0.3, 0.4) is 0 Å². The van der Waals surface area contributed by atoms with Crippen molar-refractivity contribution in [1.29, 1.82) is 0 Å². The molecule has 0 radical (unpaired) electrons. The maximum absolute atomic E-state index is 12.7. The first-order valence-corrected chi connectivity index (χ1v) is 11.6. The lowest BCUT2D eigenvalue weighted by Gasteiger charge is -2.11. The first-order chi connectivity index (χ1) is 17.5. The van der Waals surface area contributed by atoms with Gasteiger partial charge >= 0.3 is 0 Å². The summed E-state index contributed by atoms with van der Waals surface area (Å²) in [4.78, 5) is 30.4. The minimum atomic E-state index is 0.0310. The van der Waals surface area contributed by atoms with Crippen molar-refractivity contribution in [3.63, 3.8) is 0 Å². The molecule has 0 aliphatic heterocycles. The van der Waals surface area contributed by atoms with E-state index < -0.39 is 0 Å². The molecule has 5 aromatic rings. The van der Waals surface area contributed by atoms with Crippen molar-refractivity contribution in [2.45, 2.75) is 19.3 Å². The largest absolute Gasteiger partial charge is 0.443 e. The molecule has 10 nitrogen and oxygen atoms in total. The maximum Gasteiger partial charge on any atom is 0.244 e. The van der Waals surface area contributed by atoms with Gasteiger partial charge in [-0.05, 0) is 54.0 Å². The number of nitrogens with one attached hydrogen (secondary N) is 1. The molecule has 0 bridgehead atoms. The molecule has 0 aromatic carbocycles. The second-order valence-corrected chi connectivity index (χ2v) is 9.12. The fraction of sp³-hybridized carbons (Fsp3) is 0.231. The zero-order valence-corrected chi connectivity index (χ0v) is 19.8. The molecule has 1 saturated carbocycles. The molecular weight excluding hydrogens is 456 g/mol. The smallest absolute Gasteiger partial charge is 0.244 e. The van der Waals surface area contributed by atoms with E-state index in [1.165, 1.54) is 6.26 Å². The lowest BCUT2D eigenvalue weighted by atomic mass is 10.0. The number of fused-ring (bicyclic) bond motifs is 1. The third kappa shape index (κ3) is 4.06. The predicted molar refractivity (Wildman–Crippen MR) is 135 cm³/mol. The first-order valence-electron chi connectivity index (χ1n) is 11.6. The Kier molecular flexibility index (Phi) is 5.21. The third-order valence-electron chi connectivity index (χ3n) is 6.58. The SMILES string of the molecule is Cc1cc(-c2ncco2)ncc1-c1cc2cc(NCC(=O)[C@@H]3C[C@H]3c3cnn(C)c3)ncc2c(N)n1. The Balaban J connectivity index is 1.20. The highest BCUT2D eigenvalue weighted by Crippen LogP contribution is 2.47. The summed E-state index contributed by atoms with van der Waals surface area (Å²) in [7, 11) is 1.88. The summed E-state index contributed by atoms with van der Waals surface area (Å²) in [5.41, 5.74) is 10.6. The minimum Gasteiger partial charge on any atom is -0.443 e. The van der Waals surface area contributed by atoms with Crippen LogP contribution < -0.4 is 11.1 Å². The van der Waals surface area contributed by atoms with Crippen LogP contribution in [-0.4, -0.2) is 42.0 Å². The number of nitrogen functional groups attached to an aromatic ring is 1.